The van der Waals surface area contributed by atoms with Gasteiger partial charge in [-0.1, -0.05) is 31.2 Å². The van der Waals surface area contributed by atoms with Crippen LogP contribution in [0.4, 0.5) is 0 Å². The van der Waals surface area contributed by atoms with Crippen molar-refractivity contribution in [2.45, 2.75) is 44.8 Å². The fourth-order valence-corrected chi connectivity index (χ4v) is 4.76. The molecule has 42 heavy (non-hydrogen) atoms. The van der Waals surface area contributed by atoms with Gasteiger partial charge in [0.2, 0.25) is 0 Å². The molecule has 0 spiro atoms. The summed E-state index contributed by atoms with van der Waals surface area (Å²) in [6.45, 7) is 3.76. The van der Waals surface area contributed by atoms with Gasteiger partial charge in [0.15, 0.2) is 0 Å². The fourth-order valence-electron chi connectivity index (χ4n) is 4.76. The lowest BCUT2D eigenvalue weighted by Crippen LogP contribution is -2.36. The predicted octanol–water partition coefficient (Wildman–Crippen LogP) is 2.06. The average molecular weight is 580 g/mol. The van der Waals surface area contributed by atoms with Crippen molar-refractivity contribution >= 4 is 11.8 Å². The molecule has 2 aromatic carbocycles. The van der Waals surface area contributed by atoms with Crippen LogP contribution < -0.4 is 43.0 Å². The molecule has 2 amide bonds. The first-order chi connectivity index (χ1) is 20.3. The zero-order valence-corrected chi connectivity index (χ0v) is 24.8. The first-order valence-electron chi connectivity index (χ1n) is 14.3. The molecule has 0 saturated carbocycles. The van der Waals surface area contributed by atoms with E-state index in [1.165, 1.54) is 0 Å². The van der Waals surface area contributed by atoms with Crippen LogP contribution in [-0.4, -0.2) is 68.9 Å². The van der Waals surface area contributed by atoms with E-state index in [-0.39, 0.29) is 23.9 Å². The summed E-state index contributed by atoms with van der Waals surface area (Å²) in [5, 5.41) is 6.02. The monoisotopic (exact) mass is 579 g/mol. The van der Waals surface area contributed by atoms with E-state index < -0.39 is 0 Å². The number of nitrogens with one attached hydrogen (secondary N) is 2. The number of ether oxygens (including phenoxy) is 2. The first kappa shape index (κ1) is 32.6. The Morgan fingerprint density at radius 2 is 1.12 bits per heavy atom. The van der Waals surface area contributed by atoms with Crippen molar-refractivity contribution in [1.29, 1.82) is 0 Å². The molecule has 0 bridgehead atoms. The second-order valence-corrected chi connectivity index (χ2v) is 10.1. The number of amides is 2. The van der Waals surface area contributed by atoms with Crippen LogP contribution in [0.3, 0.4) is 0 Å². The molecule has 1 aromatic heterocycles. The van der Waals surface area contributed by atoms with E-state index in [1.807, 2.05) is 60.0 Å². The number of nitrogens with zero attached hydrogens (tertiary/aromatic N) is 1. The number of aromatic nitrogens is 1. The summed E-state index contributed by atoms with van der Waals surface area (Å²) in [5.74, 6) is 0.734. The number of benzene rings is 2. The van der Waals surface area contributed by atoms with Crippen molar-refractivity contribution in [1.82, 2.24) is 15.2 Å². The van der Waals surface area contributed by atoms with Gasteiger partial charge in [0, 0.05) is 55.9 Å². The highest BCUT2D eigenvalue weighted by molar-refractivity contribution is 6.11. The molecule has 0 saturated heterocycles. The van der Waals surface area contributed by atoms with Crippen molar-refractivity contribution in [2.24, 2.45) is 22.9 Å². The Kier molecular flexibility index (Phi) is 12.4. The largest absolute Gasteiger partial charge is 0.497 e. The number of carbonyl (C=O) groups excluding carboxylic acids is 2. The number of nitrogens with two attached hydrogens (primary N) is 4. The maximum Gasteiger partial charge on any atom is 0.268 e. The minimum absolute atomic E-state index is 0.232. The zero-order chi connectivity index (χ0) is 30.6. The third kappa shape index (κ3) is 7.89. The Bertz CT molecular complexity index is 1210. The van der Waals surface area contributed by atoms with E-state index in [4.69, 9.17) is 32.4 Å². The lowest BCUT2D eigenvalue weighted by molar-refractivity contribution is 0.0937. The van der Waals surface area contributed by atoms with Crippen molar-refractivity contribution in [2.75, 3.05) is 40.4 Å². The summed E-state index contributed by atoms with van der Waals surface area (Å²) >= 11 is 0. The second-order valence-electron chi connectivity index (χ2n) is 10.1. The molecule has 10 N–H and O–H groups in total. The zero-order valence-electron chi connectivity index (χ0n) is 24.8. The highest BCUT2D eigenvalue weighted by atomic mass is 16.5. The molecular weight excluding hydrogens is 534 g/mol. The summed E-state index contributed by atoms with van der Waals surface area (Å²) in [5.41, 5.74) is 26.9. The van der Waals surface area contributed by atoms with Gasteiger partial charge in [0.1, 0.15) is 22.9 Å². The summed E-state index contributed by atoms with van der Waals surface area (Å²) in [7, 11) is 3.19. The lowest BCUT2D eigenvalue weighted by Gasteiger charge is -2.15. The minimum atomic E-state index is -0.308. The first-order valence-corrected chi connectivity index (χ1v) is 14.3. The Balaban J connectivity index is 2.28. The quantitative estimate of drug-likeness (QED) is 0.149. The van der Waals surface area contributed by atoms with Crippen LogP contribution in [-0.2, 0) is 6.54 Å². The molecule has 228 valence electrons. The van der Waals surface area contributed by atoms with E-state index in [2.05, 4.69) is 10.6 Å². The van der Waals surface area contributed by atoms with E-state index in [0.717, 1.165) is 11.1 Å². The number of methoxy groups -OCH3 is 2. The van der Waals surface area contributed by atoms with Gasteiger partial charge in [-0.3, -0.25) is 9.59 Å². The Labute approximate surface area is 247 Å². The van der Waals surface area contributed by atoms with E-state index in [0.29, 0.717) is 86.0 Å². The maximum absolute atomic E-state index is 14.0. The van der Waals surface area contributed by atoms with Crippen molar-refractivity contribution in [3.05, 3.63) is 59.9 Å². The van der Waals surface area contributed by atoms with Gasteiger partial charge in [-0.25, -0.2) is 0 Å². The van der Waals surface area contributed by atoms with E-state index in [9.17, 15) is 9.59 Å². The normalized spacial score (nSPS) is 12.5. The van der Waals surface area contributed by atoms with Crippen LogP contribution >= 0.6 is 0 Å². The van der Waals surface area contributed by atoms with Crippen LogP contribution in [0.5, 0.6) is 11.5 Å². The number of rotatable bonds is 16. The molecule has 1 heterocycles. The third-order valence-corrected chi connectivity index (χ3v) is 7.11. The molecule has 11 nitrogen and oxygen atoms in total. The smallest absolute Gasteiger partial charge is 0.268 e. The van der Waals surface area contributed by atoms with Crippen molar-refractivity contribution < 1.29 is 19.1 Å². The van der Waals surface area contributed by atoms with Gasteiger partial charge in [-0.15, -0.1) is 0 Å². The van der Waals surface area contributed by atoms with Gasteiger partial charge in [-0.2, -0.15) is 0 Å². The number of hydrogen-bond donors (Lipinski definition) is 6. The Morgan fingerprint density at radius 1 is 0.738 bits per heavy atom. The molecule has 0 fully saturated rings. The molecule has 2 unspecified atom stereocenters. The van der Waals surface area contributed by atoms with Gasteiger partial charge >= 0.3 is 0 Å². The maximum atomic E-state index is 14.0. The van der Waals surface area contributed by atoms with E-state index >= 15 is 0 Å². The SMILES string of the molecule is CCCn1c(C(=O)NCCC(N)CN)c(-c2ccc(OC)cc2)c(-c2ccc(OC)cc2)c1C(=O)NCCC(N)CN. The summed E-state index contributed by atoms with van der Waals surface area (Å²) in [6, 6.07) is 14.4. The fraction of sp³-hybridized carbons (Fsp3) is 0.419. The Hall–Kier alpha value is -3.90. The second kappa shape index (κ2) is 15.9. The molecule has 0 aliphatic heterocycles. The van der Waals surface area contributed by atoms with Crippen molar-refractivity contribution in [3.63, 3.8) is 0 Å². The molecule has 0 aliphatic carbocycles. The van der Waals surface area contributed by atoms with Crippen LogP contribution in [0.15, 0.2) is 48.5 Å². The molecule has 3 aromatic rings. The average Bonchev–Trinajstić information content (AvgIpc) is 3.35. The van der Waals surface area contributed by atoms with Crippen LogP contribution in [0.1, 0.15) is 47.2 Å². The molecule has 11 heteroatoms. The van der Waals surface area contributed by atoms with Gasteiger partial charge in [0.25, 0.3) is 11.8 Å². The van der Waals surface area contributed by atoms with Gasteiger partial charge in [-0.05, 0) is 54.7 Å². The summed E-state index contributed by atoms with van der Waals surface area (Å²) < 4.78 is 12.6. The number of carbonyl (C=O) groups is 2. The predicted molar refractivity (Wildman–Crippen MR) is 167 cm³/mol. The lowest BCUT2D eigenvalue weighted by atomic mass is 9.94. The Morgan fingerprint density at radius 3 is 1.43 bits per heavy atom. The molecule has 0 radical (unpaired) electrons. The standard InChI is InChI=1S/C31H45N7O4/c1-4-17-38-28(30(39)36-15-13-22(34)18-32)26(20-5-9-24(41-2)10-6-20)27(21-7-11-25(42-3)12-8-21)29(38)31(40)37-16-14-23(35)19-33/h5-12,22-23H,4,13-19,32-35H2,1-3H3,(H,36,39)(H,37,40). The highest BCUT2D eigenvalue weighted by Crippen LogP contribution is 2.41. The van der Waals surface area contributed by atoms with Crippen LogP contribution in [0.2, 0.25) is 0 Å². The highest BCUT2D eigenvalue weighted by Gasteiger charge is 2.32. The van der Waals surface area contributed by atoms with Crippen molar-refractivity contribution in [3.8, 4) is 33.8 Å². The summed E-state index contributed by atoms with van der Waals surface area (Å²) in [6.07, 6.45) is 1.73. The topological polar surface area (TPSA) is 186 Å². The molecule has 3 rings (SSSR count). The molecule has 2 atom stereocenters. The van der Waals surface area contributed by atoms with E-state index in [1.54, 1.807) is 14.2 Å². The molecule has 0 aliphatic rings. The summed E-state index contributed by atoms with van der Waals surface area (Å²) in [4.78, 5) is 28.0. The van der Waals surface area contributed by atoms with Crippen LogP contribution in [0, 0.1) is 0 Å². The molecular formula is C31H45N7O4. The minimum Gasteiger partial charge on any atom is -0.497 e. The van der Waals surface area contributed by atoms with Gasteiger partial charge in [0.05, 0.1) is 14.2 Å². The van der Waals surface area contributed by atoms with Crippen LogP contribution in [0.25, 0.3) is 22.3 Å². The number of hydrogen-bond acceptors (Lipinski definition) is 8. The van der Waals surface area contributed by atoms with Gasteiger partial charge < -0.3 is 47.6 Å². The third-order valence-electron chi connectivity index (χ3n) is 7.11.